The standard InChI is InChI=1S/C13H24N2O5S/c1-4-20-10(17)6-5-7-15-9(16)8-21-13(2,3)11(14)12(18)19/h11H,4-8,14H2,1-3H3,(H,15,16)(H,18,19)/t11-/m0/s1. The Kier molecular flexibility index (Phi) is 9.03. The third kappa shape index (κ3) is 8.56. The lowest BCUT2D eigenvalue weighted by molar-refractivity contribution is -0.143. The van der Waals surface area contributed by atoms with Gasteiger partial charge in [-0.05, 0) is 27.2 Å². The fourth-order valence-electron chi connectivity index (χ4n) is 1.38. The molecule has 0 aromatic heterocycles. The molecule has 4 N–H and O–H groups in total. The Balaban J connectivity index is 3.90. The minimum absolute atomic E-state index is 0.118. The van der Waals surface area contributed by atoms with Crippen LogP contribution in [0.4, 0.5) is 0 Å². The first-order valence-electron chi connectivity index (χ1n) is 6.75. The van der Waals surface area contributed by atoms with Crippen molar-refractivity contribution in [2.24, 2.45) is 5.73 Å². The quantitative estimate of drug-likeness (QED) is 0.393. The van der Waals surface area contributed by atoms with Gasteiger partial charge in [0.25, 0.3) is 0 Å². The van der Waals surface area contributed by atoms with Gasteiger partial charge in [-0.15, -0.1) is 11.8 Å². The lowest BCUT2D eigenvalue weighted by Gasteiger charge is -2.27. The van der Waals surface area contributed by atoms with Gasteiger partial charge in [-0.1, -0.05) is 0 Å². The summed E-state index contributed by atoms with van der Waals surface area (Å²) in [6.45, 7) is 5.83. The molecule has 0 aliphatic rings. The number of nitrogens with two attached hydrogens (primary N) is 1. The van der Waals surface area contributed by atoms with Gasteiger partial charge >= 0.3 is 11.9 Å². The van der Waals surface area contributed by atoms with E-state index in [0.29, 0.717) is 19.6 Å². The van der Waals surface area contributed by atoms with E-state index < -0.39 is 16.8 Å². The van der Waals surface area contributed by atoms with Gasteiger partial charge in [-0.2, -0.15) is 0 Å². The fourth-order valence-corrected chi connectivity index (χ4v) is 2.27. The third-order valence-corrected chi connectivity index (χ3v) is 4.18. The first kappa shape index (κ1) is 19.7. The molecule has 0 fully saturated rings. The number of carbonyl (C=O) groups is 3. The van der Waals surface area contributed by atoms with Crippen molar-refractivity contribution in [2.75, 3.05) is 18.9 Å². The Labute approximate surface area is 129 Å². The summed E-state index contributed by atoms with van der Waals surface area (Å²) in [7, 11) is 0. The molecule has 8 heteroatoms. The van der Waals surface area contributed by atoms with E-state index in [2.05, 4.69) is 5.32 Å². The second-order valence-electron chi connectivity index (χ2n) is 4.97. The number of rotatable bonds is 10. The van der Waals surface area contributed by atoms with Gasteiger partial charge in [0.15, 0.2) is 0 Å². The van der Waals surface area contributed by atoms with Gasteiger partial charge in [-0.3, -0.25) is 14.4 Å². The van der Waals surface area contributed by atoms with Crippen LogP contribution in [0.2, 0.25) is 0 Å². The lowest BCUT2D eigenvalue weighted by Crippen LogP contribution is -2.47. The maximum Gasteiger partial charge on any atom is 0.321 e. The van der Waals surface area contributed by atoms with Crippen LogP contribution >= 0.6 is 11.8 Å². The van der Waals surface area contributed by atoms with Gasteiger partial charge in [0.2, 0.25) is 5.91 Å². The predicted octanol–water partition coefficient (Wildman–Crippen LogP) is 0.370. The Morgan fingerprint density at radius 2 is 2.00 bits per heavy atom. The second kappa shape index (κ2) is 9.62. The van der Waals surface area contributed by atoms with Crippen LogP contribution in [0.3, 0.4) is 0 Å². The zero-order valence-electron chi connectivity index (χ0n) is 12.7. The molecule has 0 aliphatic carbocycles. The Morgan fingerprint density at radius 3 is 2.52 bits per heavy atom. The summed E-state index contributed by atoms with van der Waals surface area (Å²) in [6, 6.07) is -1.04. The largest absolute Gasteiger partial charge is 0.480 e. The highest BCUT2D eigenvalue weighted by atomic mass is 32.2. The van der Waals surface area contributed by atoms with Gasteiger partial charge < -0.3 is 20.9 Å². The van der Waals surface area contributed by atoms with Gasteiger partial charge in [-0.25, -0.2) is 0 Å². The molecule has 0 radical (unpaired) electrons. The molecule has 0 bridgehead atoms. The van der Waals surface area contributed by atoms with Crippen LogP contribution in [0.15, 0.2) is 0 Å². The number of carboxylic acids is 1. The SMILES string of the molecule is CCOC(=O)CCCNC(=O)CSC(C)(C)[C@@H](N)C(=O)O. The minimum atomic E-state index is -1.10. The van der Waals surface area contributed by atoms with Crippen LogP contribution in [-0.2, 0) is 19.1 Å². The zero-order chi connectivity index (χ0) is 16.5. The van der Waals surface area contributed by atoms with Crippen LogP contribution in [-0.4, -0.2) is 52.6 Å². The molecule has 0 rings (SSSR count). The van der Waals surface area contributed by atoms with Crippen LogP contribution < -0.4 is 11.1 Å². The van der Waals surface area contributed by atoms with E-state index in [1.165, 1.54) is 11.8 Å². The van der Waals surface area contributed by atoms with E-state index >= 15 is 0 Å². The summed E-state index contributed by atoms with van der Waals surface area (Å²) in [4.78, 5) is 33.5. The molecular weight excluding hydrogens is 296 g/mol. The minimum Gasteiger partial charge on any atom is -0.480 e. The van der Waals surface area contributed by atoms with Crippen molar-refractivity contribution >= 4 is 29.6 Å². The molecule has 0 spiro atoms. The van der Waals surface area contributed by atoms with E-state index in [9.17, 15) is 14.4 Å². The number of ether oxygens (including phenoxy) is 1. The molecule has 122 valence electrons. The monoisotopic (exact) mass is 320 g/mol. The van der Waals surface area contributed by atoms with Crippen LogP contribution in [0, 0.1) is 0 Å². The summed E-state index contributed by atoms with van der Waals surface area (Å²) in [5, 5.41) is 11.5. The number of aliphatic carboxylic acids is 1. The van der Waals surface area contributed by atoms with E-state index in [-0.39, 0.29) is 24.1 Å². The maximum atomic E-state index is 11.6. The molecule has 0 saturated heterocycles. The molecule has 0 saturated carbocycles. The van der Waals surface area contributed by atoms with Gasteiger partial charge in [0.1, 0.15) is 6.04 Å². The number of hydrogen-bond acceptors (Lipinski definition) is 6. The lowest BCUT2D eigenvalue weighted by atomic mass is 10.1. The molecule has 0 heterocycles. The van der Waals surface area contributed by atoms with Crippen molar-refractivity contribution in [1.82, 2.24) is 5.32 Å². The molecule has 0 unspecified atom stereocenters. The number of carbonyl (C=O) groups excluding carboxylic acids is 2. The second-order valence-corrected chi connectivity index (χ2v) is 6.60. The third-order valence-electron chi connectivity index (χ3n) is 2.78. The van der Waals surface area contributed by atoms with Crippen molar-refractivity contribution in [1.29, 1.82) is 0 Å². The van der Waals surface area contributed by atoms with Crippen molar-refractivity contribution in [3.8, 4) is 0 Å². The molecule has 0 aromatic rings. The van der Waals surface area contributed by atoms with E-state index in [1.54, 1.807) is 20.8 Å². The first-order valence-corrected chi connectivity index (χ1v) is 7.74. The predicted molar refractivity (Wildman–Crippen MR) is 81.0 cm³/mol. The van der Waals surface area contributed by atoms with Crippen LogP contribution in [0.5, 0.6) is 0 Å². The summed E-state index contributed by atoms with van der Waals surface area (Å²) >= 11 is 1.19. The number of carboxylic acid groups (broad SMARTS) is 1. The summed E-state index contributed by atoms with van der Waals surface area (Å²) in [6.07, 6.45) is 0.768. The van der Waals surface area contributed by atoms with E-state index in [1.807, 2.05) is 0 Å². The van der Waals surface area contributed by atoms with Crippen LogP contribution in [0.25, 0.3) is 0 Å². The van der Waals surface area contributed by atoms with Crippen molar-refractivity contribution in [2.45, 2.75) is 44.4 Å². The van der Waals surface area contributed by atoms with Crippen LogP contribution in [0.1, 0.15) is 33.6 Å². The number of esters is 1. The Hall–Kier alpha value is -1.28. The Morgan fingerprint density at radius 1 is 1.38 bits per heavy atom. The zero-order valence-corrected chi connectivity index (χ0v) is 13.5. The summed E-state index contributed by atoms with van der Waals surface area (Å²) in [5.41, 5.74) is 5.56. The average Bonchev–Trinajstić information content (AvgIpc) is 2.40. The maximum absolute atomic E-state index is 11.6. The van der Waals surface area contributed by atoms with Crippen molar-refractivity contribution in [3.05, 3.63) is 0 Å². The normalized spacial score (nSPS) is 12.6. The first-order chi connectivity index (χ1) is 9.70. The molecular formula is C13H24N2O5S. The van der Waals surface area contributed by atoms with Crippen molar-refractivity contribution < 1.29 is 24.2 Å². The topological polar surface area (TPSA) is 119 Å². The van der Waals surface area contributed by atoms with E-state index in [4.69, 9.17) is 15.6 Å². The van der Waals surface area contributed by atoms with Gasteiger partial charge in [0, 0.05) is 17.7 Å². The highest BCUT2D eigenvalue weighted by Crippen LogP contribution is 2.27. The molecule has 1 atom stereocenters. The molecule has 0 aromatic carbocycles. The average molecular weight is 320 g/mol. The highest BCUT2D eigenvalue weighted by molar-refractivity contribution is 8.01. The summed E-state index contributed by atoms with van der Waals surface area (Å²) in [5.74, 6) is -1.47. The molecule has 21 heavy (non-hydrogen) atoms. The molecule has 7 nitrogen and oxygen atoms in total. The number of amides is 1. The Bertz CT molecular complexity index is 374. The number of thioether (sulfide) groups is 1. The summed E-state index contributed by atoms with van der Waals surface area (Å²) < 4.78 is 4.02. The van der Waals surface area contributed by atoms with Gasteiger partial charge in [0.05, 0.1) is 12.4 Å². The fraction of sp³-hybridized carbons (Fsp3) is 0.769. The number of hydrogen-bond donors (Lipinski definition) is 3. The van der Waals surface area contributed by atoms with E-state index in [0.717, 1.165) is 0 Å². The highest BCUT2D eigenvalue weighted by Gasteiger charge is 2.33. The number of nitrogens with one attached hydrogen (secondary N) is 1. The molecule has 1 amide bonds. The molecule has 0 aliphatic heterocycles. The van der Waals surface area contributed by atoms with Crippen molar-refractivity contribution in [3.63, 3.8) is 0 Å². The smallest absolute Gasteiger partial charge is 0.321 e.